The van der Waals surface area contributed by atoms with E-state index in [1.165, 1.54) is 12.1 Å². The van der Waals surface area contributed by atoms with Crippen molar-refractivity contribution >= 4 is 17.5 Å². The van der Waals surface area contributed by atoms with Crippen LogP contribution in [0, 0.1) is 17.2 Å². The molecule has 7 heteroatoms. The normalized spacial score (nSPS) is 32.5. The zero-order valence-electron chi connectivity index (χ0n) is 17.0. The Morgan fingerprint density at radius 3 is 2.77 bits per heavy atom. The molecular weight excluding hydrogens is 410 g/mol. The fourth-order valence-corrected chi connectivity index (χ4v) is 5.16. The van der Waals surface area contributed by atoms with E-state index in [9.17, 15) is 14.3 Å². The van der Waals surface area contributed by atoms with Gasteiger partial charge in [-0.2, -0.15) is 0 Å². The minimum absolute atomic E-state index is 0.0207. The number of likely N-dealkylation sites (tertiary alicyclic amines) is 2. The summed E-state index contributed by atoms with van der Waals surface area (Å²) in [5.74, 6) is -0.419. The molecule has 0 radical (unpaired) electrons. The van der Waals surface area contributed by atoms with Crippen molar-refractivity contribution < 1.29 is 18.7 Å². The van der Waals surface area contributed by atoms with Crippen molar-refractivity contribution in [3.05, 3.63) is 58.6 Å². The smallest absolute Gasteiger partial charge is 0.240 e. The second-order valence-electron chi connectivity index (χ2n) is 8.89. The van der Waals surface area contributed by atoms with Gasteiger partial charge in [-0.15, -0.1) is 0 Å². The van der Waals surface area contributed by atoms with E-state index in [-0.39, 0.29) is 40.6 Å². The number of nitrogens with zero attached hydrogens (tertiary/aromatic N) is 2. The van der Waals surface area contributed by atoms with Crippen LogP contribution >= 0.6 is 11.6 Å². The molecule has 4 rings (SSSR count). The SMILES string of the molecule is CC1([C@@H]2CCN([C@@H]3CCN(Cc4ccc(Cl)c(F)c4)C3=O)C[C@H]2F)C=CC(O)=CC1. The quantitative estimate of drug-likeness (QED) is 0.747. The molecule has 162 valence electrons. The Kier molecular flexibility index (Phi) is 5.90. The van der Waals surface area contributed by atoms with Crippen molar-refractivity contribution in [3.8, 4) is 0 Å². The zero-order valence-corrected chi connectivity index (χ0v) is 17.8. The first-order valence-corrected chi connectivity index (χ1v) is 10.8. The molecule has 30 heavy (non-hydrogen) atoms. The fraction of sp³-hybridized carbons (Fsp3) is 0.522. The van der Waals surface area contributed by atoms with E-state index in [1.54, 1.807) is 23.1 Å². The number of rotatable bonds is 4. The Balaban J connectivity index is 1.37. The van der Waals surface area contributed by atoms with Gasteiger partial charge in [0, 0.05) is 25.6 Å². The van der Waals surface area contributed by atoms with Crippen LogP contribution in [0.3, 0.4) is 0 Å². The van der Waals surface area contributed by atoms with Crippen LogP contribution in [0.5, 0.6) is 0 Å². The van der Waals surface area contributed by atoms with Crippen molar-refractivity contribution in [2.24, 2.45) is 11.3 Å². The molecule has 2 saturated heterocycles. The number of alkyl halides is 1. The lowest BCUT2D eigenvalue weighted by atomic mass is 9.68. The summed E-state index contributed by atoms with van der Waals surface area (Å²) in [6.45, 7) is 3.85. The van der Waals surface area contributed by atoms with Gasteiger partial charge in [0.2, 0.25) is 5.91 Å². The number of aliphatic hydroxyl groups excluding tert-OH is 1. The minimum Gasteiger partial charge on any atom is -0.508 e. The number of piperidine rings is 1. The van der Waals surface area contributed by atoms with E-state index in [0.29, 0.717) is 44.5 Å². The highest BCUT2D eigenvalue weighted by Crippen LogP contribution is 2.43. The Morgan fingerprint density at radius 2 is 2.10 bits per heavy atom. The van der Waals surface area contributed by atoms with Crippen LogP contribution in [0.1, 0.15) is 31.7 Å². The van der Waals surface area contributed by atoms with Crippen molar-refractivity contribution in [2.75, 3.05) is 19.6 Å². The summed E-state index contributed by atoms with van der Waals surface area (Å²) < 4.78 is 28.9. The molecule has 1 aromatic carbocycles. The maximum atomic E-state index is 15.2. The first-order valence-electron chi connectivity index (χ1n) is 10.5. The summed E-state index contributed by atoms with van der Waals surface area (Å²) in [5.41, 5.74) is 0.378. The topological polar surface area (TPSA) is 43.8 Å². The predicted molar refractivity (Wildman–Crippen MR) is 112 cm³/mol. The molecule has 1 unspecified atom stereocenters. The summed E-state index contributed by atoms with van der Waals surface area (Å²) >= 11 is 5.73. The number of carbonyl (C=O) groups is 1. The second kappa shape index (κ2) is 8.31. The molecule has 1 aromatic rings. The second-order valence-corrected chi connectivity index (χ2v) is 9.30. The third-order valence-corrected chi connectivity index (χ3v) is 7.18. The lowest BCUT2D eigenvalue weighted by Gasteiger charge is -2.44. The largest absolute Gasteiger partial charge is 0.508 e. The summed E-state index contributed by atoms with van der Waals surface area (Å²) in [7, 11) is 0. The molecule has 4 atom stereocenters. The number of carbonyl (C=O) groups excluding carboxylic acids is 1. The zero-order chi connectivity index (χ0) is 21.5. The van der Waals surface area contributed by atoms with E-state index in [2.05, 4.69) is 0 Å². The van der Waals surface area contributed by atoms with Crippen LogP contribution in [0.2, 0.25) is 5.02 Å². The van der Waals surface area contributed by atoms with Gasteiger partial charge >= 0.3 is 0 Å². The van der Waals surface area contributed by atoms with Gasteiger partial charge in [0.05, 0.1) is 11.1 Å². The Labute approximate surface area is 180 Å². The van der Waals surface area contributed by atoms with E-state index in [4.69, 9.17) is 11.6 Å². The molecule has 2 heterocycles. The first-order chi connectivity index (χ1) is 14.3. The molecule has 0 aromatic heterocycles. The number of halogens is 3. The molecule has 3 aliphatic rings. The molecule has 0 saturated carbocycles. The van der Waals surface area contributed by atoms with Gasteiger partial charge in [-0.1, -0.05) is 30.7 Å². The standard InChI is InChI=1S/C23H27ClF2N2O2/c1-23(8-4-16(29)5-9-23)17-6-10-27(14-20(17)26)21-7-11-28(22(21)30)13-15-2-3-18(24)19(25)12-15/h2-5,8,12,17,20-21,29H,6-7,9-11,13-14H2,1H3/t17-,20-,21-,23?/m1/s1. The van der Waals surface area contributed by atoms with Gasteiger partial charge < -0.3 is 10.0 Å². The molecule has 1 N–H and O–H groups in total. The maximum Gasteiger partial charge on any atom is 0.240 e. The Bertz CT molecular complexity index is 890. The lowest BCUT2D eigenvalue weighted by Crippen LogP contribution is -2.52. The third-order valence-electron chi connectivity index (χ3n) is 6.87. The lowest BCUT2D eigenvalue weighted by molar-refractivity contribution is -0.134. The van der Waals surface area contributed by atoms with Crippen LogP contribution in [-0.2, 0) is 11.3 Å². The minimum atomic E-state index is -1.03. The summed E-state index contributed by atoms with van der Waals surface area (Å²) in [5, 5.41) is 9.65. The number of benzene rings is 1. The first kappa shape index (κ1) is 21.3. The van der Waals surface area contributed by atoms with Crippen LogP contribution in [0.25, 0.3) is 0 Å². The average Bonchev–Trinajstić information content (AvgIpc) is 3.07. The molecule has 0 spiro atoms. The molecule has 1 aliphatic carbocycles. The van der Waals surface area contributed by atoms with Crippen molar-refractivity contribution in [1.29, 1.82) is 0 Å². The van der Waals surface area contributed by atoms with E-state index in [1.807, 2.05) is 17.9 Å². The van der Waals surface area contributed by atoms with Crippen molar-refractivity contribution in [3.63, 3.8) is 0 Å². The fourth-order valence-electron chi connectivity index (χ4n) is 5.04. The highest BCUT2D eigenvalue weighted by Gasteiger charge is 2.45. The maximum absolute atomic E-state index is 15.2. The number of allylic oxidation sites excluding steroid dienone is 3. The Morgan fingerprint density at radius 1 is 1.30 bits per heavy atom. The van der Waals surface area contributed by atoms with E-state index in [0.717, 1.165) is 0 Å². The van der Waals surface area contributed by atoms with E-state index < -0.39 is 12.0 Å². The molecular formula is C23H27ClF2N2O2. The van der Waals surface area contributed by atoms with Gasteiger partial charge in [-0.05, 0) is 61.1 Å². The van der Waals surface area contributed by atoms with Gasteiger partial charge in [0.25, 0.3) is 0 Å². The van der Waals surface area contributed by atoms with Crippen LogP contribution in [0.4, 0.5) is 8.78 Å². The molecule has 4 nitrogen and oxygen atoms in total. The predicted octanol–water partition coefficient (Wildman–Crippen LogP) is 4.65. The highest BCUT2D eigenvalue weighted by atomic mass is 35.5. The number of amides is 1. The van der Waals surface area contributed by atoms with Crippen molar-refractivity contribution in [1.82, 2.24) is 9.80 Å². The van der Waals surface area contributed by atoms with Gasteiger partial charge in [-0.3, -0.25) is 9.69 Å². The van der Waals surface area contributed by atoms with Crippen LogP contribution in [-0.4, -0.2) is 52.7 Å². The molecule has 1 amide bonds. The summed E-state index contributed by atoms with van der Waals surface area (Å²) in [4.78, 5) is 16.6. The molecule has 0 bridgehead atoms. The third kappa shape index (κ3) is 4.12. The summed E-state index contributed by atoms with van der Waals surface area (Å²) in [6, 6.07) is 4.26. The Hall–Kier alpha value is -1.92. The monoisotopic (exact) mass is 436 g/mol. The highest BCUT2D eigenvalue weighted by molar-refractivity contribution is 6.30. The number of hydrogen-bond donors (Lipinski definition) is 1. The molecule has 2 fully saturated rings. The van der Waals surface area contributed by atoms with Crippen LogP contribution in [0.15, 0.2) is 42.2 Å². The van der Waals surface area contributed by atoms with E-state index >= 15 is 4.39 Å². The van der Waals surface area contributed by atoms with Gasteiger partial charge in [-0.25, -0.2) is 8.78 Å². The summed E-state index contributed by atoms with van der Waals surface area (Å²) in [6.07, 6.45) is 6.23. The molecule has 2 aliphatic heterocycles. The van der Waals surface area contributed by atoms with Gasteiger partial charge in [0.15, 0.2) is 0 Å². The van der Waals surface area contributed by atoms with Crippen molar-refractivity contribution in [2.45, 2.75) is 44.9 Å². The average molecular weight is 437 g/mol. The van der Waals surface area contributed by atoms with Crippen LogP contribution < -0.4 is 0 Å². The number of hydrogen-bond acceptors (Lipinski definition) is 3. The number of aliphatic hydroxyl groups is 1. The van der Waals surface area contributed by atoms with Gasteiger partial charge in [0.1, 0.15) is 17.7 Å².